The Morgan fingerprint density at radius 1 is 1.12 bits per heavy atom. The summed E-state index contributed by atoms with van der Waals surface area (Å²) in [5, 5.41) is 5.10. The zero-order valence-electron chi connectivity index (χ0n) is 15.1. The van der Waals surface area contributed by atoms with Crippen LogP contribution < -0.4 is 5.32 Å². The summed E-state index contributed by atoms with van der Waals surface area (Å²) < 4.78 is 1.99. The minimum atomic E-state index is 0.0736. The number of benzene rings is 1. The summed E-state index contributed by atoms with van der Waals surface area (Å²) in [6.45, 7) is 1.94. The number of carbonyl (C=O) groups excluding carboxylic acids is 1. The smallest absolute Gasteiger partial charge is 0.228 e. The second-order valence-corrected chi connectivity index (χ2v) is 7.09. The summed E-state index contributed by atoms with van der Waals surface area (Å²) in [4.78, 5) is 23.4. The number of piperidine rings is 1. The first-order chi connectivity index (χ1) is 12.6. The Kier molecular flexibility index (Phi) is 4.42. The molecule has 0 radical (unpaired) electrons. The van der Waals surface area contributed by atoms with E-state index in [4.69, 9.17) is 0 Å². The number of likely N-dealkylation sites (tertiary alicyclic amines) is 1. The molecular weight excluding hydrogens is 326 g/mol. The van der Waals surface area contributed by atoms with Crippen molar-refractivity contribution in [1.29, 1.82) is 0 Å². The lowest BCUT2D eigenvalue weighted by atomic mass is 9.96. The SMILES string of the molecule is CN1CCC(C(=O)Nc2cc3cc(-c4cncn4C)ccc3cn2)CC1. The lowest BCUT2D eigenvalue weighted by molar-refractivity contribution is -0.121. The Morgan fingerprint density at radius 3 is 2.65 bits per heavy atom. The van der Waals surface area contributed by atoms with Crippen LogP contribution in [-0.2, 0) is 11.8 Å². The zero-order valence-corrected chi connectivity index (χ0v) is 15.1. The van der Waals surface area contributed by atoms with Crippen LogP contribution in [0.25, 0.3) is 22.0 Å². The number of nitrogens with zero attached hydrogens (tertiary/aromatic N) is 4. The number of imidazole rings is 1. The fourth-order valence-corrected chi connectivity index (χ4v) is 3.50. The van der Waals surface area contributed by atoms with Gasteiger partial charge in [0.15, 0.2) is 0 Å². The first kappa shape index (κ1) is 16.7. The Bertz CT molecular complexity index is 940. The molecule has 0 bridgehead atoms. The monoisotopic (exact) mass is 349 g/mol. The van der Waals surface area contributed by atoms with E-state index in [-0.39, 0.29) is 11.8 Å². The van der Waals surface area contributed by atoms with Gasteiger partial charge in [-0.15, -0.1) is 0 Å². The molecule has 1 saturated heterocycles. The van der Waals surface area contributed by atoms with Crippen molar-refractivity contribution in [3.05, 3.63) is 43.0 Å². The molecule has 0 aliphatic carbocycles. The molecule has 1 aliphatic heterocycles. The molecule has 4 rings (SSSR count). The van der Waals surface area contributed by atoms with E-state index in [0.29, 0.717) is 5.82 Å². The van der Waals surface area contributed by atoms with E-state index in [0.717, 1.165) is 48.0 Å². The van der Waals surface area contributed by atoms with Crippen LogP contribution in [0.3, 0.4) is 0 Å². The Labute approximate surface area is 152 Å². The van der Waals surface area contributed by atoms with Gasteiger partial charge in [-0.2, -0.15) is 0 Å². The van der Waals surface area contributed by atoms with Gasteiger partial charge in [-0.1, -0.05) is 12.1 Å². The number of hydrogen-bond acceptors (Lipinski definition) is 4. The molecule has 1 fully saturated rings. The fourth-order valence-electron chi connectivity index (χ4n) is 3.50. The van der Waals surface area contributed by atoms with Crippen molar-refractivity contribution in [1.82, 2.24) is 19.4 Å². The first-order valence-corrected chi connectivity index (χ1v) is 8.96. The maximum atomic E-state index is 12.5. The van der Waals surface area contributed by atoms with Crippen molar-refractivity contribution >= 4 is 22.5 Å². The second-order valence-electron chi connectivity index (χ2n) is 7.09. The lowest BCUT2D eigenvalue weighted by Crippen LogP contribution is -2.36. The Hall–Kier alpha value is -2.73. The summed E-state index contributed by atoms with van der Waals surface area (Å²) in [5.74, 6) is 0.765. The predicted octanol–water partition coefficient (Wildman–Crippen LogP) is 2.92. The summed E-state index contributed by atoms with van der Waals surface area (Å²) in [5.41, 5.74) is 2.15. The van der Waals surface area contributed by atoms with Crippen LogP contribution in [0.4, 0.5) is 5.82 Å². The van der Waals surface area contributed by atoms with Gasteiger partial charge in [-0.3, -0.25) is 4.79 Å². The standard InChI is InChI=1S/C20H23N5O/c1-24-7-5-14(6-8-24)20(26)23-19-10-17-9-15(3-4-16(17)11-22-19)18-12-21-13-25(18)2/h3-4,9-14H,5-8H2,1-2H3,(H,22,23,26). The summed E-state index contributed by atoms with van der Waals surface area (Å²) >= 11 is 0. The molecular formula is C20H23N5O. The minimum absolute atomic E-state index is 0.0736. The van der Waals surface area contributed by atoms with Crippen molar-refractivity contribution in [2.45, 2.75) is 12.8 Å². The largest absolute Gasteiger partial charge is 0.334 e. The highest BCUT2D eigenvalue weighted by Crippen LogP contribution is 2.25. The fraction of sp³-hybridized carbons (Fsp3) is 0.350. The molecule has 6 nitrogen and oxygen atoms in total. The second kappa shape index (κ2) is 6.88. The van der Waals surface area contributed by atoms with Gasteiger partial charge in [0.2, 0.25) is 5.91 Å². The van der Waals surface area contributed by atoms with Gasteiger partial charge in [0.25, 0.3) is 0 Å². The van der Waals surface area contributed by atoms with Gasteiger partial charge in [-0.25, -0.2) is 9.97 Å². The first-order valence-electron chi connectivity index (χ1n) is 8.96. The number of aryl methyl sites for hydroxylation is 1. The van der Waals surface area contributed by atoms with Crippen molar-refractivity contribution < 1.29 is 4.79 Å². The van der Waals surface area contributed by atoms with Gasteiger partial charge in [0.05, 0.1) is 18.2 Å². The third kappa shape index (κ3) is 3.32. The number of amides is 1. The summed E-state index contributed by atoms with van der Waals surface area (Å²) in [6, 6.07) is 8.17. The maximum absolute atomic E-state index is 12.5. The van der Waals surface area contributed by atoms with E-state index >= 15 is 0 Å². The average Bonchev–Trinajstić information content (AvgIpc) is 3.07. The highest BCUT2D eigenvalue weighted by Gasteiger charge is 2.23. The number of carbonyl (C=O) groups is 1. The van der Waals surface area contributed by atoms with Crippen LogP contribution in [0, 0.1) is 5.92 Å². The van der Waals surface area contributed by atoms with Gasteiger partial charge >= 0.3 is 0 Å². The zero-order chi connectivity index (χ0) is 18.1. The number of fused-ring (bicyclic) bond motifs is 1. The molecule has 0 spiro atoms. The topological polar surface area (TPSA) is 63.1 Å². The molecule has 0 unspecified atom stereocenters. The summed E-state index contributed by atoms with van der Waals surface area (Å²) in [6.07, 6.45) is 7.26. The molecule has 3 aromatic rings. The Morgan fingerprint density at radius 2 is 1.92 bits per heavy atom. The molecule has 26 heavy (non-hydrogen) atoms. The highest BCUT2D eigenvalue weighted by atomic mass is 16.1. The Balaban J connectivity index is 1.56. The molecule has 6 heteroatoms. The number of aromatic nitrogens is 3. The van der Waals surface area contributed by atoms with Gasteiger partial charge in [0.1, 0.15) is 5.82 Å². The predicted molar refractivity (Wildman–Crippen MR) is 103 cm³/mol. The molecule has 3 heterocycles. The van der Waals surface area contributed by atoms with Crippen molar-refractivity contribution in [2.75, 3.05) is 25.5 Å². The number of anilines is 1. The van der Waals surface area contributed by atoms with Crippen LogP contribution in [-0.4, -0.2) is 45.5 Å². The van der Waals surface area contributed by atoms with E-state index in [1.165, 1.54) is 0 Å². The number of hydrogen-bond donors (Lipinski definition) is 1. The van der Waals surface area contributed by atoms with E-state index < -0.39 is 0 Å². The molecule has 1 aromatic carbocycles. The minimum Gasteiger partial charge on any atom is -0.334 e. The number of rotatable bonds is 3. The van der Waals surface area contributed by atoms with Crippen molar-refractivity contribution in [3.63, 3.8) is 0 Å². The molecule has 1 amide bonds. The van der Waals surface area contributed by atoms with Crippen LogP contribution >= 0.6 is 0 Å². The van der Waals surface area contributed by atoms with E-state index in [1.54, 1.807) is 6.33 Å². The third-order valence-electron chi connectivity index (χ3n) is 5.17. The highest BCUT2D eigenvalue weighted by molar-refractivity contribution is 5.95. The van der Waals surface area contributed by atoms with E-state index in [1.807, 2.05) is 36.1 Å². The van der Waals surface area contributed by atoms with Gasteiger partial charge < -0.3 is 14.8 Å². The lowest BCUT2D eigenvalue weighted by Gasteiger charge is -2.27. The number of nitrogens with one attached hydrogen (secondary N) is 1. The average molecular weight is 349 g/mol. The number of pyridine rings is 1. The quantitative estimate of drug-likeness (QED) is 0.790. The van der Waals surface area contributed by atoms with Crippen molar-refractivity contribution in [3.8, 4) is 11.3 Å². The molecule has 1 N–H and O–H groups in total. The molecule has 2 aromatic heterocycles. The van der Waals surface area contributed by atoms with Gasteiger partial charge in [-0.05, 0) is 50.5 Å². The molecule has 0 atom stereocenters. The molecule has 134 valence electrons. The van der Waals surface area contributed by atoms with Crippen molar-refractivity contribution in [2.24, 2.45) is 13.0 Å². The van der Waals surface area contributed by atoms with Crippen LogP contribution in [0.15, 0.2) is 43.0 Å². The normalized spacial score (nSPS) is 16.1. The third-order valence-corrected chi connectivity index (χ3v) is 5.17. The molecule has 0 saturated carbocycles. The maximum Gasteiger partial charge on any atom is 0.228 e. The molecule has 1 aliphatic rings. The van der Waals surface area contributed by atoms with Crippen LogP contribution in [0.2, 0.25) is 0 Å². The van der Waals surface area contributed by atoms with Crippen LogP contribution in [0.1, 0.15) is 12.8 Å². The summed E-state index contributed by atoms with van der Waals surface area (Å²) in [7, 11) is 4.07. The van der Waals surface area contributed by atoms with Gasteiger partial charge in [0, 0.05) is 30.1 Å². The van der Waals surface area contributed by atoms with E-state index in [2.05, 4.69) is 39.4 Å². The van der Waals surface area contributed by atoms with E-state index in [9.17, 15) is 4.79 Å². The van der Waals surface area contributed by atoms with Crippen LogP contribution in [0.5, 0.6) is 0 Å².